The molecule has 0 amide bonds. The fraction of sp³-hybridized carbons (Fsp3) is 0.333. The summed E-state index contributed by atoms with van der Waals surface area (Å²) in [6.07, 6.45) is 1.12. The van der Waals surface area contributed by atoms with Gasteiger partial charge in [-0.15, -0.1) is 0 Å². The van der Waals surface area contributed by atoms with Gasteiger partial charge in [-0.05, 0) is 55.6 Å². The smallest absolute Gasteiger partial charge is 0.0579 e. The average molecular weight is 288 g/mol. The lowest BCUT2D eigenvalue weighted by Crippen LogP contribution is -2.23. The molecule has 2 aromatic carbocycles. The van der Waals surface area contributed by atoms with Crippen molar-refractivity contribution >= 4 is 11.6 Å². The summed E-state index contributed by atoms with van der Waals surface area (Å²) in [4.78, 5) is 0. The maximum absolute atomic E-state index is 6.00. The monoisotopic (exact) mass is 287 g/mol. The van der Waals surface area contributed by atoms with Gasteiger partial charge in [0.25, 0.3) is 0 Å². The summed E-state index contributed by atoms with van der Waals surface area (Å²) in [5, 5.41) is 4.42. The summed E-state index contributed by atoms with van der Waals surface area (Å²) >= 11 is 6.00. The Labute approximate surface area is 127 Å². The molecule has 2 heteroatoms. The third kappa shape index (κ3) is 3.62. The van der Waals surface area contributed by atoms with Gasteiger partial charge in [0.15, 0.2) is 0 Å². The molecular weight excluding hydrogens is 266 g/mol. The summed E-state index contributed by atoms with van der Waals surface area (Å²) in [5.74, 6) is 0. The third-order valence-electron chi connectivity index (χ3n) is 3.54. The van der Waals surface area contributed by atoms with E-state index in [1.54, 1.807) is 0 Å². The Balaban J connectivity index is 2.38. The van der Waals surface area contributed by atoms with Crippen LogP contribution < -0.4 is 5.32 Å². The topological polar surface area (TPSA) is 12.0 Å². The Morgan fingerprint density at radius 3 is 2.35 bits per heavy atom. The van der Waals surface area contributed by atoms with Crippen LogP contribution in [0.15, 0.2) is 42.5 Å². The maximum atomic E-state index is 6.00. The number of nitrogens with one attached hydrogen (secondary N) is 1. The van der Waals surface area contributed by atoms with E-state index >= 15 is 0 Å². The number of halogens is 1. The summed E-state index contributed by atoms with van der Waals surface area (Å²) in [6, 6.07) is 15.0. The summed E-state index contributed by atoms with van der Waals surface area (Å²) in [7, 11) is 0. The van der Waals surface area contributed by atoms with Crippen LogP contribution in [0.25, 0.3) is 0 Å². The first-order valence-electron chi connectivity index (χ1n) is 7.18. The Bertz CT molecular complexity index is 560. The fourth-order valence-electron chi connectivity index (χ4n) is 2.50. The first-order valence-corrected chi connectivity index (χ1v) is 7.55. The van der Waals surface area contributed by atoms with Crippen molar-refractivity contribution < 1.29 is 0 Å². The van der Waals surface area contributed by atoms with Gasteiger partial charge in [0.1, 0.15) is 0 Å². The van der Waals surface area contributed by atoms with Crippen LogP contribution in [0.4, 0.5) is 0 Å². The van der Waals surface area contributed by atoms with E-state index in [2.05, 4.69) is 56.4 Å². The van der Waals surface area contributed by atoms with E-state index < -0.39 is 0 Å². The standard InChI is InChI=1S/C18H22ClN/c1-4-11-20-18(15-6-8-16(19)9-7-15)17-10-5-13(2)12-14(17)3/h5-10,12,18,20H,4,11H2,1-3H3. The van der Waals surface area contributed by atoms with Crippen molar-refractivity contribution in [3.05, 3.63) is 69.7 Å². The van der Waals surface area contributed by atoms with Crippen LogP contribution in [-0.4, -0.2) is 6.54 Å². The molecule has 1 nitrogen and oxygen atoms in total. The van der Waals surface area contributed by atoms with Crippen molar-refractivity contribution in [3.8, 4) is 0 Å². The predicted molar refractivity (Wildman–Crippen MR) is 87.5 cm³/mol. The zero-order chi connectivity index (χ0) is 14.5. The van der Waals surface area contributed by atoms with Crippen molar-refractivity contribution in [2.24, 2.45) is 0 Å². The van der Waals surface area contributed by atoms with Gasteiger partial charge in [-0.2, -0.15) is 0 Å². The van der Waals surface area contributed by atoms with Crippen molar-refractivity contribution in [3.63, 3.8) is 0 Å². The predicted octanol–water partition coefficient (Wildman–Crippen LogP) is 5.05. The van der Waals surface area contributed by atoms with Crippen LogP contribution >= 0.6 is 11.6 Å². The number of hydrogen-bond donors (Lipinski definition) is 1. The molecular formula is C18H22ClN. The molecule has 0 bridgehead atoms. The summed E-state index contributed by atoms with van der Waals surface area (Å²) in [5.41, 5.74) is 5.23. The molecule has 2 aromatic rings. The zero-order valence-electron chi connectivity index (χ0n) is 12.4. The molecule has 2 rings (SSSR count). The third-order valence-corrected chi connectivity index (χ3v) is 3.79. The number of rotatable bonds is 5. The Morgan fingerprint density at radius 2 is 1.75 bits per heavy atom. The SMILES string of the molecule is CCCNC(c1ccc(Cl)cc1)c1ccc(C)cc1C. The molecule has 1 N–H and O–H groups in total. The highest BCUT2D eigenvalue weighted by molar-refractivity contribution is 6.30. The number of hydrogen-bond acceptors (Lipinski definition) is 1. The number of aryl methyl sites for hydroxylation is 2. The highest BCUT2D eigenvalue weighted by Gasteiger charge is 2.15. The van der Waals surface area contributed by atoms with Crippen LogP contribution in [-0.2, 0) is 0 Å². The van der Waals surface area contributed by atoms with Crippen LogP contribution in [0, 0.1) is 13.8 Å². The molecule has 0 saturated carbocycles. The lowest BCUT2D eigenvalue weighted by Gasteiger charge is -2.22. The van der Waals surface area contributed by atoms with Gasteiger partial charge >= 0.3 is 0 Å². The first kappa shape index (κ1) is 15.1. The second-order valence-electron chi connectivity index (χ2n) is 5.30. The average Bonchev–Trinajstić information content (AvgIpc) is 2.42. The second kappa shape index (κ2) is 6.92. The van der Waals surface area contributed by atoms with E-state index in [0.717, 1.165) is 18.0 Å². The normalized spacial score (nSPS) is 12.4. The first-order chi connectivity index (χ1) is 9.61. The van der Waals surface area contributed by atoms with Gasteiger partial charge in [0, 0.05) is 5.02 Å². The van der Waals surface area contributed by atoms with Crippen LogP contribution in [0.5, 0.6) is 0 Å². The van der Waals surface area contributed by atoms with Gasteiger partial charge in [0.2, 0.25) is 0 Å². The van der Waals surface area contributed by atoms with E-state index in [9.17, 15) is 0 Å². The molecule has 0 heterocycles. The van der Waals surface area contributed by atoms with E-state index in [-0.39, 0.29) is 6.04 Å². The Kier molecular flexibility index (Phi) is 5.22. The molecule has 0 saturated heterocycles. The highest BCUT2D eigenvalue weighted by atomic mass is 35.5. The largest absolute Gasteiger partial charge is 0.306 e. The van der Waals surface area contributed by atoms with E-state index in [4.69, 9.17) is 11.6 Å². The molecule has 1 unspecified atom stereocenters. The van der Waals surface area contributed by atoms with Crippen LogP contribution in [0.1, 0.15) is 41.6 Å². The molecule has 0 aliphatic rings. The molecule has 106 valence electrons. The Morgan fingerprint density at radius 1 is 1.05 bits per heavy atom. The van der Waals surface area contributed by atoms with Crippen molar-refractivity contribution in [1.82, 2.24) is 5.32 Å². The van der Waals surface area contributed by atoms with Crippen LogP contribution in [0.3, 0.4) is 0 Å². The molecule has 0 aliphatic heterocycles. The van der Waals surface area contributed by atoms with Gasteiger partial charge < -0.3 is 5.32 Å². The minimum atomic E-state index is 0.229. The van der Waals surface area contributed by atoms with Gasteiger partial charge in [0.05, 0.1) is 6.04 Å². The van der Waals surface area contributed by atoms with E-state index in [0.29, 0.717) is 0 Å². The lowest BCUT2D eigenvalue weighted by molar-refractivity contribution is 0.596. The molecule has 0 aromatic heterocycles. The Hall–Kier alpha value is -1.31. The lowest BCUT2D eigenvalue weighted by atomic mass is 9.94. The maximum Gasteiger partial charge on any atom is 0.0579 e. The van der Waals surface area contributed by atoms with Gasteiger partial charge in [-0.1, -0.05) is 54.4 Å². The van der Waals surface area contributed by atoms with Crippen molar-refractivity contribution in [1.29, 1.82) is 0 Å². The van der Waals surface area contributed by atoms with E-state index in [1.807, 2.05) is 12.1 Å². The fourth-order valence-corrected chi connectivity index (χ4v) is 2.63. The summed E-state index contributed by atoms with van der Waals surface area (Å²) in [6.45, 7) is 7.50. The minimum Gasteiger partial charge on any atom is -0.306 e. The van der Waals surface area contributed by atoms with Crippen molar-refractivity contribution in [2.75, 3.05) is 6.54 Å². The molecule has 0 radical (unpaired) electrons. The quantitative estimate of drug-likeness (QED) is 0.812. The minimum absolute atomic E-state index is 0.229. The second-order valence-corrected chi connectivity index (χ2v) is 5.74. The molecule has 20 heavy (non-hydrogen) atoms. The van der Waals surface area contributed by atoms with Gasteiger partial charge in [-0.25, -0.2) is 0 Å². The molecule has 0 fully saturated rings. The molecule has 0 spiro atoms. The van der Waals surface area contributed by atoms with E-state index in [1.165, 1.54) is 22.3 Å². The highest BCUT2D eigenvalue weighted by Crippen LogP contribution is 2.26. The summed E-state index contributed by atoms with van der Waals surface area (Å²) < 4.78 is 0. The molecule has 0 aliphatic carbocycles. The van der Waals surface area contributed by atoms with Gasteiger partial charge in [-0.3, -0.25) is 0 Å². The number of benzene rings is 2. The van der Waals surface area contributed by atoms with Crippen LogP contribution in [0.2, 0.25) is 5.02 Å². The zero-order valence-corrected chi connectivity index (χ0v) is 13.2. The molecule has 1 atom stereocenters. The van der Waals surface area contributed by atoms with Crippen molar-refractivity contribution in [2.45, 2.75) is 33.2 Å².